The van der Waals surface area contributed by atoms with Gasteiger partial charge in [-0.05, 0) is 45.0 Å². The normalized spacial score (nSPS) is 20.0. The fourth-order valence-corrected chi connectivity index (χ4v) is 4.33. The van der Waals surface area contributed by atoms with E-state index in [-0.39, 0.29) is 33.9 Å². The molecule has 1 atom stereocenters. The Morgan fingerprint density at radius 2 is 2.03 bits per heavy atom. The lowest BCUT2D eigenvalue weighted by Crippen LogP contribution is -2.47. The minimum Gasteiger partial charge on any atom is -0.388 e. The number of benzene rings is 1. The second kappa shape index (κ2) is 8.41. The fourth-order valence-electron chi connectivity index (χ4n) is 3.28. The molecular weight excluding hydrogens is 459 g/mol. The largest absolute Gasteiger partial charge is 0.421 e. The van der Waals surface area contributed by atoms with Gasteiger partial charge >= 0.3 is 6.18 Å². The lowest BCUT2D eigenvalue weighted by molar-refractivity contribution is -0.137. The topological polar surface area (TPSA) is 107 Å². The van der Waals surface area contributed by atoms with Gasteiger partial charge in [-0.3, -0.25) is 0 Å². The molecule has 1 aromatic heterocycles. The van der Waals surface area contributed by atoms with Gasteiger partial charge in [0.05, 0.1) is 21.2 Å². The van der Waals surface area contributed by atoms with Crippen molar-refractivity contribution in [3.8, 4) is 0 Å². The van der Waals surface area contributed by atoms with Crippen molar-refractivity contribution in [1.29, 1.82) is 0 Å². The van der Waals surface area contributed by atoms with E-state index in [0.29, 0.717) is 25.6 Å². The van der Waals surface area contributed by atoms with E-state index >= 15 is 0 Å². The van der Waals surface area contributed by atoms with Gasteiger partial charge in [-0.1, -0.05) is 11.6 Å². The van der Waals surface area contributed by atoms with E-state index in [2.05, 4.69) is 20.0 Å². The lowest BCUT2D eigenvalue weighted by Gasteiger charge is -2.38. The molecule has 2 aromatic rings. The third-order valence-corrected chi connectivity index (χ3v) is 6.54. The predicted molar refractivity (Wildman–Crippen MR) is 110 cm³/mol. The van der Waals surface area contributed by atoms with Gasteiger partial charge in [0.15, 0.2) is 0 Å². The van der Waals surface area contributed by atoms with E-state index in [1.807, 2.05) is 0 Å². The summed E-state index contributed by atoms with van der Waals surface area (Å²) in [6.45, 7) is 1.85. The minimum absolute atomic E-state index is 0.0101. The molecule has 0 saturated carbocycles. The Labute approximate surface area is 182 Å². The van der Waals surface area contributed by atoms with Crippen LogP contribution in [0.25, 0.3) is 0 Å². The number of rotatable bonds is 5. The summed E-state index contributed by atoms with van der Waals surface area (Å²) in [6, 6.07) is 3.84. The van der Waals surface area contributed by atoms with Gasteiger partial charge in [0, 0.05) is 19.3 Å². The first-order valence-corrected chi connectivity index (χ1v) is 11.1. The van der Waals surface area contributed by atoms with Crippen LogP contribution in [0.15, 0.2) is 29.3 Å². The Balaban J connectivity index is 1.96. The molecule has 170 valence electrons. The van der Waals surface area contributed by atoms with Crippen molar-refractivity contribution in [3.05, 3.63) is 35.0 Å². The molecule has 1 saturated heterocycles. The van der Waals surface area contributed by atoms with E-state index in [4.69, 9.17) is 11.6 Å². The first-order valence-electron chi connectivity index (χ1n) is 9.24. The van der Waals surface area contributed by atoms with Crippen LogP contribution in [0.1, 0.15) is 25.3 Å². The zero-order valence-electron chi connectivity index (χ0n) is 16.7. The number of nitrogens with zero attached hydrogens (tertiary/aromatic N) is 3. The zero-order valence-corrected chi connectivity index (χ0v) is 18.2. The van der Waals surface area contributed by atoms with Crippen molar-refractivity contribution in [3.63, 3.8) is 0 Å². The van der Waals surface area contributed by atoms with E-state index in [9.17, 15) is 26.7 Å². The number of alkyl halides is 3. The van der Waals surface area contributed by atoms with Gasteiger partial charge in [-0.15, -0.1) is 0 Å². The molecule has 8 nitrogen and oxygen atoms in total. The Morgan fingerprint density at radius 3 is 2.61 bits per heavy atom. The van der Waals surface area contributed by atoms with E-state index in [1.165, 1.54) is 30.1 Å². The number of sulfonamides is 1. The van der Waals surface area contributed by atoms with Gasteiger partial charge in [-0.2, -0.15) is 18.2 Å². The van der Waals surface area contributed by atoms with Crippen LogP contribution in [0.4, 0.5) is 30.6 Å². The highest BCUT2D eigenvalue weighted by Crippen LogP contribution is 2.38. The highest BCUT2D eigenvalue weighted by molar-refractivity contribution is 7.89. The Bertz CT molecular complexity index is 1080. The van der Waals surface area contributed by atoms with Crippen LogP contribution < -0.4 is 14.9 Å². The third-order valence-electron chi connectivity index (χ3n) is 4.81. The maximum Gasteiger partial charge on any atom is 0.421 e. The summed E-state index contributed by atoms with van der Waals surface area (Å²) in [5, 5.41) is 13.0. The predicted octanol–water partition coefficient (Wildman–Crippen LogP) is 3.15. The van der Waals surface area contributed by atoms with Crippen LogP contribution in [0.5, 0.6) is 0 Å². The number of piperidine rings is 1. The molecule has 0 unspecified atom stereocenters. The van der Waals surface area contributed by atoms with Crippen LogP contribution in [0.3, 0.4) is 0 Å². The Kier molecular flexibility index (Phi) is 6.38. The summed E-state index contributed by atoms with van der Waals surface area (Å²) in [5.41, 5.74) is -1.94. The van der Waals surface area contributed by atoms with Crippen molar-refractivity contribution in [2.75, 3.05) is 30.4 Å². The quantitative estimate of drug-likeness (QED) is 0.604. The molecule has 3 rings (SSSR count). The number of nitrogens with one attached hydrogen (secondary N) is 2. The number of anilines is 3. The highest BCUT2D eigenvalue weighted by Gasteiger charge is 2.39. The standard InChI is InChI=1S/C18H21ClF3N5O3S/c1-17(28)6-3-7-27(10-17)15-12(18(20,21)22)9-24-16(26-15)25-14-5-4-11(8-13(14)19)31(29,30)23-2/h4-5,8-9,23,28H,3,6-7,10H2,1-2H3,(H,24,25,26)/t17-/m0/s1. The molecule has 1 aliphatic rings. The number of aliphatic hydroxyl groups is 1. The number of β-amino-alcohol motifs (C(OH)–C–C–N with tert-alkyl or cyclic N) is 1. The van der Waals surface area contributed by atoms with Gasteiger partial charge in [0.2, 0.25) is 16.0 Å². The fraction of sp³-hybridized carbons (Fsp3) is 0.444. The molecule has 0 bridgehead atoms. The van der Waals surface area contributed by atoms with Crippen LogP contribution in [0.2, 0.25) is 5.02 Å². The number of halogens is 4. The summed E-state index contributed by atoms with van der Waals surface area (Å²) in [4.78, 5) is 9.08. The average molecular weight is 480 g/mol. The minimum atomic E-state index is -4.68. The maximum atomic E-state index is 13.5. The number of hydrogen-bond acceptors (Lipinski definition) is 7. The Hall–Kier alpha value is -2.15. The first kappa shape index (κ1) is 23.5. The number of aromatic nitrogens is 2. The van der Waals surface area contributed by atoms with Crippen LogP contribution in [-0.2, 0) is 16.2 Å². The summed E-state index contributed by atoms with van der Waals surface area (Å²) < 4.78 is 66.5. The van der Waals surface area contributed by atoms with Gasteiger partial charge < -0.3 is 15.3 Å². The highest BCUT2D eigenvalue weighted by atomic mass is 35.5. The third kappa shape index (κ3) is 5.37. The molecule has 0 amide bonds. The number of hydrogen-bond donors (Lipinski definition) is 3. The van der Waals surface area contributed by atoms with Crippen LogP contribution in [-0.4, -0.2) is 49.2 Å². The van der Waals surface area contributed by atoms with Crippen molar-refractivity contribution in [2.24, 2.45) is 0 Å². The molecule has 1 aromatic carbocycles. The van der Waals surface area contributed by atoms with Gasteiger partial charge in [-0.25, -0.2) is 18.1 Å². The summed E-state index contributed by atoms with van der Waals surface area (Å²) in [5.74, 6) is -0.505. The van der Waals surface area contributed by atoms with Crippen molar-refractivity contribution < 1.29 is 26.7 Å². The molecule has 1 aliphatic heterocycles. The van der Waals surface area contributed by atoms with Crippen LogP contribution >= 0.6 is 11.6 Å². The maximum absolute atomic E-state index is 13.5. The molecule has 1 fully saturated rings. The first-order chi connectivity index (χ1) is 14.3. The molecule has 13 heteroatoms. The smallest absolute Gasteiger partial charge is 0.388 e. The molecule has 3 N–H and O–H groups in total. The van der Waals surface area contributed by atoms with Crippen molar-refractivity contribution in [1.82, 2.24) is 14.7 Å². The summed E-state index contributed by atoms with van der Waals surface area (Å²) >= 11 is 6.14. The van der Waals surface area contributed by atoms with E-state index < -0.39 is 27.4 Å². The SMILES string of the molecule is CNS(=O)(=O)c1ccc(Nc2ncc(C(F)(F)F)c(N3CCC[C@](C)(O)C3)n2)c(Cl)c1. The average Bonchev–Trinajstić information content (AvgIpc) is 2.67. The second-order valence-electron chi connectivity index (χ2n) is 7.42. The van der Waals surface area contributed by atoms with E-state index in [0.717, 1.165) is 0 Å². The van der Waals surface area contributed by atoms with Gasteiger partial charge in [0.25, 0.3) is 0 Å². The lowest BCUT2D eigenvalue weighted by atomic mass is 9.95. The zero-order chi connectivity index (χ0) is 23.0. The molecule has 2 heterocycles. The molecular formula is C18H21ClF3N5O3S. The van der Waals surface area contributed by atoms with Crippen LogP contribution in [0, 0.1) is 0 Å². The van der Waals surface area contributed by atoms with E-state index in [1.54, 1.807) is 6.92 Å². The monoisotopic (exact) mass is 479 g/mol. The molecule has 0 aliphatic carbocycles. The summed E-state index contributed by atoms with van der Waals surface area (Å²) in [6.07, 6.45) is -3.04. The molecule has 0 radical (unpaired) electrons. The molecule has 0 spiro atoms. The summed E-state index contributed by atoms with van der Waals surface area (Å²) in [7, 11) is -2.46. The Morgan fingerprint density at radius 1 is 1.32 bits per heavy atom. The van der Waals surface area contributed by atoms with Crippen molar-refractivity contribution in [2.45, 2.75) is 36.4 Å². The molecule has 31 heavy (non-hydrogen) atoms. The van der Waals surface area contributed by atoms with Gasteiger partial charge in [0.1, 0.15) is 11.4 Å². The van der Waals surface area contributed by atoms with Crippen molar-refractivity contribution >= 4 is 39.1 Å². The second-order valence-corrected chi connectivity index (χ2v) is 9.72.